The van der Waals surface area contributed by atoms with E-state index in [4.69, 9.17) is 26.8 Å². The number of likely N-dealkylation sites (tertiary alicyclic amines) is 1. The molecule has 1 aliphatic heterocycles. The number of ether oxygens (including phenoxy) is 1. The van der Waals surface area contributed by atoms with Gasteiger partial charge in [-0.3, -0.25) is 4.90 Å². The van der Waals surface area contributed by atoms with E-state index >= 15 is 0 Å². The Bertz CT molecular complexity index is 1070. The molecular formula is C23H32N6O3S. The van der Waals surface area contributed by atoms with Gasteiger partial charge in [0.15, 0.2) is 5.84 Å². The number of nitrogens with two attached hydrogens (primary N) is 3. The van der Waals surface area contributed by atoms with Crippen molar-refractivity contribution in [2.24, 2.45) is 10.9 Å². The topological polar surface area (TPSA) is 142 Å². The van der Waals surface area contributed by atoms with E-state index in [1.165, 1.54) is 11.3 Å². The zero-order valence-electron chi connectivity index (χ0n) is 19.3. The molecule has 9 nitrogen and oxygen atoms in total. The normalized spacial score (nSPS) is 24.3. The summed E-state index contributed by atoms with van der Waals surface area (Å²) in [6.07, 6.45) is 4.53. The largest absolute Gasteiger partial charge is 0.473 e. The quantitative estimate of drug-likeness (QED) is 0.252. The van der Waals surface area contributed by atoms with Gasteiger partial charge in [-0.1, -0.05) is 11.2 Å². The fourth-order valence-electron chi connectivity index (χ4n) is 4.88. The number of carbonyl (C=O) groups excluding carboxylic acids is 1. The number of hydrogen-bond donors (Lipinski definition) is 3. The van der Waals surface area contributed by atoms with Crippen LogP contribution in [0.1, 0.15) is 55.7 Å². The van der Waals surface area contributed by atoms with Gasteiger partial charge in [0, 0.05) is 22.5 Å². The molecule has 4 rings (SSSR count). The lowest BCUT2D eigenvalue weighted by atomic mass is 9.73. The summed E-state index contributed by atoms with van der Waals surface area (Å²) < 4.78 is 6.06. The number of pyridine rings is 1. The number of aromatic nitrogens is 1. The first-order valence-electron chi connectivity index (χ1n) is 11.3. The zero-order valence-corrected chi connectivity index (χ0v) is 20.2. The van der Waals surface area contributed by atoms with Gasteiger partial charge in [0.05, 0.1) is 11.1 Å². The molecule has 0 saturated carbocycles. The predicted molar refractivity (Wildman–Crippen MR) is 130 cm³/mol. The van der Waals surface area contributed by atoms with E-state index in [0.717, 1.165) is 42.7 Å². The highest BCUT2D eigenvalue weighted by atomic mass is 32.1. The van der Waals surface area contributed by atoms with E-state index in [9.17, 15) is 4.79 Å². The maximum Gasteiger partial charge on any atom is 0.345 e. The van der Waals surface area contributed by atoms with Gasteiger partial charge in [-0.15, -0.1) is 11.3 Å². The Labute approximate surface area is 197 Å². The maximum absolute atomic E-state index is 13.0. The number of fused-ring (bicyclic) bond motifs is 1. The van der Waals surface area contributed by atoms with Gasteiger partial charge in [0.2, 0.25) is 5.88 Å². The summed E-state index contributed by atoms with van der Waals surface area (Å²) in [6.45, 7) is 4.93. The van der Waals surface area contributed by atoms with Gasteiger partial charge in [0.1, 0.15) is 16.8 Å². The molecule has 1 aliphatic carbocycles. The Kier molecular flexibility index (Phi) is 6.49. The summed E-state index contributed by atoms with van der Waals surface area (Å²) in [6, 6.07) is 5.62. The summed E-state index contributed by atoms with van der Waals surface area (Å²) >= 11 is 1.43. The lowest BCUT2D eigenvalue weighted by molar-refractivity contribution is -0.150. The fourth-order valence-corrected chi connectivity index (χ4v) is 6.05. The average Bonchev–Trinajstić information content (AvgIpc) is 3.35. The molecule has 0 unspecified atom stereocenters. The number of thiophene rings is 1. The number of amidine groups is 1. The Morgan fingerprint density at radius 3 is 2.88 bits per heavy atom. The molecule has 2 aromatic rings. The smallest absolute Gasteiger partial charge is 0.345 e. The molecule has 0 spiro atoms. The van der Waals surface area contributed by atoms with Crippen LogP contribution in [0.25, 0.3) is 0 Å². The summed E-state index contributed by atoms with van der Waals surface area (Å²) in [7, 11) is 2.11. The Balaban J connectivity index is 1.46. The standard InChI is InChI=1S/C23H32N6O3S/c1-13(15-8-6-12-29(15)3)31-17-10-4-7-14(27-17)20(25)28-32-22(30)23(2)11-5-9-16-18(23)19(24)21(26)33-16/h4,7,10,13,15H,5-6,8-9,11-12,24,26H2,1-3H3,(H2,25,28)/t13-,15-,23-/m0/s1. The molecule has 0 radical (unpaired) electrons. The lowest BCUT2D eigenvalue weighted by Gasteiger charge is -2.31. The molecule has 0 amide bonds. The van der Waals surface area contributed by atoms with E-state index in [1.54, 1.807) is 18.2 Å². The van der Waals surface area contributed by atoms with Crippen molar-refractivity contribution in [3.05, 3.63) is 34.3 Å². The highest BCUT2D eigenvalue weighted by Crippen LogP contribution is 2.47. The van der Waals surface area contributed by atoms with Crippen molar-refractivity contribution >= 4 is 33.8 Å². The molecule has 3 heterocycles. The number of nitrogens with zero attached hydrogens (tertiary/aromatic N) is 3. The van der Waals surface area contributed by atoms with Gasteiger partial charge in [-0.25, -0.2) is 9.78 Å². The molecule has 2 aromatic heterocycles. The summed E-state index contributed by atoms with van der Waals surface area (Å²) in [4.78, 5) is 26.1. The molecule has 1 fully saturated rings. The molecule has 6 N–H and O–H groups in total. The minimum Gasteiger partial charge on any atom is -0.473 e. The van der Waals surface area contributed by atoms with Crippen molar-refractivity contribution in [1.29, 1.82) is 0 Å². The van der Waals surface area contributed by atoms with Gasteiger partial charge in [0.25, 0.3) is 0 Å². The molecule has 1 saturated heterocycles. The van der Waals surface area contributed by atoms with Gasteiger partial charge in [-0.05, 0) is 65.6 Å². The van der Waals surface area contributed by atoms with E-state index in [1.807, 2.05) is 13.8 Å². The van der Waals surface area contributed by atoms with Crippen LogP contribution in [0.4, 0.5) is 10.7 Å². The molecule has 33 heavy (non-hydrogen) atoms. The Morgan fingerprint density at radius 1 is 1.36 bits per heavy atom. The first-order chi connectivity index (χ1) is 15.7. The van der Waals surface area contributed by atoms with E-state index in [-0.39, 0.29) is 11.9 Å². The van der Waals surface area contributed by atoms with Gasteiger partial charge < -0.3 is 26.8 Å². The molecule has 10 heteroatoms. The Hall–Kier alpha value is -2.85. The van der Waals surface area contributed by atoms with Crippen LogP contribution in [0, 0.1) is 0 Å². The van der Waals surface area contributed by atoms with Crippen LogP contribution < -0.4 is 21.9 Å². The van der Waals surface area contributed by atoms with Crippen molar-refractivity contribution in [3.8, 4) is 5.88 Å². The summed E-state index contributed by atoms with van der Waals surface area (Å²) in [5.74, 6) is -0.0618. The third-order valence-electron chi connectivity index (χ3n) is 6.77. The van der Waals surface area contributed by atoms with Crippen molar-refractivity contribution < 1.29 is 14.4 Å². The SMILES string of the molecule is C[C@H](Oc1cccc(/C(N)=N/OC(=O)[C@@]2(C)CCCc3sc(N)c(N)c32)n1)[C@@H]1CCCN1C. The second kappa shape index (κ2) is 9.18. The molecule has 3 atom stereocenters. The van der Waals surface area contributed by atoms with E-state index in [0.29, 0.717) is 34.7 Å². The molecule has 0 aromatic carbocycles. The predicted octanol–water partition coefficient (Wildman–Crippen LogP) is 2.63. The second-order valence-corrected chi connectivity index (χ2v) is 10.2. The fraction of sp³-hybridized carbons (Fsp3) is 0.522. The number of anilines is 2. The number of hydrogen-bond acceptors (Lipinski definition) is 9. The van der Waals surface area contributed by atoms with E-state index < -0.39 is 11.4 Å². The van der Waals surface area contributed by atoms with Crippen LogP contribution in [-0.4, -0.2) is 47.4 Å². The number of nitrogen functional groups attached to an aromatic ring is 2. The summed E-state index contributed by atoms with van der Waals surface area (Å²) in [5, 5.41) is 4.41. The third kappa shape index (κ3) is 4.49. The van der Waals surface area contributed by atoms with Crippen LogP contribution >= 0.6 is 11.3 Å². The number of oxime groups is 1. The van der Waals surface area contributed by atoms with Crippen LogP contribution in [0.5, 0.6) is 5.88 Å². The monoisotopic (exact) mass is 472 g/mol. The highest BCUT2D eigenvalue weighted by Gasteiger charge is 2.44. The number of likely N-dealkylation sites (N-methyl/N-ethyl adjacent to an activating group) is 1. The lowest BCUT2D eigenvalue weighted by Crippen LogP contribution is -2.38. The second-order valence-electron chi connectivity index (χ2n) is 9.09. The number of rotatable bonds is 6. The van der Waals surface area contributed by atoms with Crippen molar-refractivity contribution in [2.45, 2.75) is 63.5 Å². The van der Waals surface area contributed by atoms with Crippen molar-refractivity contribution in [3.63, 3.8) is 0 Å². The van der Waals surface area contributed by atoms with Crippen molar-refractivity contribution in [2.75, 3.05) is 25.1 Å². The minimum absolute atomic E-state index is 0.00289. The molecule has 0 bridgehead atoms. The van der Waals surface area contributed by atoms with E-state index in [2.05, 4.69) is 22.1 Å². The molecule has 2 aliphatic rings. The Morgan fingerprint density at radius 2 is 2.15 bits per heavy atom. The van der Waals surface area contributed by atoms with Crippen LogP contribution in [-0.2, 0) is 21.5 Å². The average molecular weight is 473 g/mol. The third-order valence-corrected chi connectivity index (χ3v) is 7.86. The van der Waals surface area contributed by atoms with Gasteiger partial charge >= 0.3 is 5.97 Å². The van der Waals surface area contributed by atoms with Crippen molar-refractivity contribution in [1.82, 2.24) is 9.88 Å². The zero-order chi connectivity index (χ0) is 23.8. The van der Waals surface area contributed by atoms with Crippen LogP contribution in [0.3, 0.4) is 0 Å². The number of aryl methyl sites for hydroxylation is 1. The van der Waals surface area contributed by atoms with Crippen LogP contribution in [0.2, 0.25) is 0 Å². The molecule has 178 valence electrons. The first-order valence-corrected chi connectivity index (χ1v) is 12.1. The van der Waals surface area contributed by atoms with Crippen LogP contribution in [0.15, 0.2) is 23.4 Å². The highest BCUT2D eigenvalue weighted by molar-refractivity contribution is 7.16. The summed E-state index contributed by atoms with van der Waals surface area (Å²) in [5.41, 5.74) is 19.0. The first kappa shape index (κ1) is 23.3. The van der Waals surface area contributed by atoms with Gasteiger partial charge in [-0.2, -0.15) is 0 Å². The molecular weight excluding hydrogens is 440 g/mol. The minimum atomic E-state index is -0.920. The number of carbonyl (C=O) groups is 1. The maximum atomic E-state index is 13.0.